The largest absolute Gasteiger partial charge is 2.00 e. The van der Waals surface area contributed by atoms with Crippen LogP contribution >= 0.6 is 12.4 Å². The first kappa shape index (κ1) is 3990. The van der Waals surface area contributed by atoms with Gasteiger partial charge in [0.1, 0.15) is 0 Å². The molecule has 0 aliphatic heterocycles. The molecule has 0 aliphatic rings. The van der Waals surface area contributed by atoms with Crippen molar-refractivity contribution < 1.29 is 57.6 Å². The summed E-state index contributed by atoms with van der Waals surface area (Å²) in [6.07, 6.45) is 0. The predicted molar refractivity (Wildman–Crippen MR) is 51.4 cm³/mol. The molecule has 0 atom stereocenters. The van der Waals surface area contributed by atoms with Gasteiger partial charge < -0.3 is 57.6 Å². The van der Waals surface area contributed by atoms with Crippen LogP contribution in [0.25, 0.3) is 0 Å². The molecule has 92 valence electrons. The van der Waals surface area contributed by atoms with Gasteiger partial charge in [-0.2, -0.15) is 0 Å². The average Bonchev–Trinajstić information content (AvgIpc) is 0. The molecular formula is H23ClMgO10. The molecule has 0 heterocycles. The Balaban J connectivity index is 0. The van der Waals surface area contributed by atoms with Gasteiger partial charge in [0, 0.05) is 0 Å². The molecule has 0 aliphatic carbocycles. The van der Waals surface area contributed by atoms with Gasteiger partial charge >= 0.3 is 23.1 Å². The molecule has 12 heavy (non-hydrogen) atoms. The third-order valence-corrected chi connectivity index (χ3v) is 0. The van der Waals surface area contributed by atoms with E-state index in [4.69, 9.17) is 0 Å². The molecule has 12 heteroatoms. The van der Waals surface area contributed by atoms with E-state index in [-0.39, 0.29) is 93.1 Å². The molecule has 0 rings (SSSR count). The Morgan fingerprint density at radius 2 is 0.333 bits per heavy atom. The maximum Gasteiger partial charge on any atom is 2.00 e. The maximum atomic E-state index is 0. The number of hydrogen-bond donors (Lipinski definition) is 0. The van der Waals surface area contributed by atoms with Gasteiger partial charge in [-0.1, -0.05) is 0 Å². The fourth-order valence-electron chi connectivity index (χ4n) is 0. The van der Waals surface area contributed by atoms with Crippen molar-refractivity contribution in [1.82, 2.24) is 0 Å². The second kappa shape index (κ2) is 3070. The summed E-state index contributed by atoms with van der Waals surface area (Å²) < 4.78 is 0. The fraction of sp³-hybridized carbons (Fsp3) is 0. The van der Waals surface area contributed by atoms with Crippen LogP contribution in [-0.2, 0) is 0 Å². The molecule has 0 fully saturated rings. The van der Waals surface area contributed by atoms with Gasteiger partial charge in [-0.15, -0.1) is 12.4 Å². The van der Waals surface area contributed by atoms with E-state index in [1.54, 1.807) is 0 Å². The molecular weight excluding hydrogens is 220 g/mol. The first-order chi connectivity index (χ1) is 0. The zero-order valence-corrected chi connectivity index (χ0v) is 8.35. The van der Waals surface area contributed by atoms with Crippen LogP contribution in [0, 0.1) is 0 Å². The number of halogens is 1. The van der Waals surface area contributed by atoms with Crippen LogP contribution in [0.5, 0.6) is 0 Å². The third-order valence-electron chi connectivity index (χ3n) is 0. The van der Waals surface area contributed by atoms with Crippen molar-refractivity contribution in [1.29, 1.82) is 0 Å². The second-order valence-electron chi connectivity index (χ2n) is 0. The molecule has 20 N–H and O–H groups in total. The van der Waals surface area contributed by atoms with Crippen molar-refractivity contribution in [3.05, 3.63) is 0 Å². The minimum Gasteiger partial charge on any atom is -1.00 e. The zero-order valence-electron chi connectivity index (χ0n) is 8.12. The van der Waals surface area contributed by atoms with Crippen molar-refractivity contribution in [2.24, 2.45) is 0 Å². The Morgan fingerprint density at radius 3 is 0.333 bits per heavy atom. The van der Waals surface area contributed by atoms with E-state index < -0.39 is 0 Å². The second-order valence-corrected chi connectivity index (χ2v) is 0. The van der Waals surface area contributed by atoms with Crippen LogP contribution in [0.1, 0.15) is 2.85 Å². The molecule has 0 saturated carbocycles. The minimum atomic E-state index is 0. The molecule has 0 aromatic heterocycles. The van der Waals surface area contributed by atoms with Crippen molar-refractivity contribution >= 4 is 35.5 Å². The Labute approximate surface area is 93.6 Å². The van der Waals surface area contributed by atoms with Crippen LogP contribution < -0.4 is 0 Å². The molecule has 10 nitrogen and oxygen atoms in total. The van der Waals surface area contributed by atoms with Gasteiger partial charge in [-0.3, -0.25) is 0 Å². The maximum absolute atomic E-state index is 0. The monoisotopic (exact) mass is 242 g/mol. The van der Waals surface area contributed by atoms with Crippen LogP contribution in [0.15, 0.2) is 0 Å². The van der Waals surface area contributed by atoms with Gasteiger partial charge in [0.2, 0.25) is 0 Å². The van der Waals surface area contributed by atoms with E-state index in [0.717, 1.165) is 0 Å². The van der Waals surface area contributed by atoms with Crippen LogP contribution in [-0.4, -0.2) is 77.8 Å². The standard InChI is InChI=1S/ClH.Mg.10H2O.2H/h1H;;10*1H2;;/q;+2;;;;;;;;;;;2*-1. The molecule has 0 saturated heterocycles. The Morgan fingerprint density at radius 1 is 0.333 bits per heavy atom. The van der Waals surface area contributed by atoms with Crippen molar-refractivity contribution in [3.63, 3.8) is 0 Å². The Kier molecular flexibility index (Phi) is 1020000. The van der Waals surface area contributed by atoms with Crippen LogP contribution in [0.3, 0.4) is 0 Å². The summed E-state index contributed by atoms with van der Waals surface area (Å²) in [6.45, 7) is 0. The smallest absolute Gasteiger partial charge is 1.00 e. The van der Waals surface area contributed by atoms with Gasteiger partial charge in [0.05, 0.1) is 0 Å². The van der Waals surface area contributed by atoms with Crippen LogP contribution in [0.2, 0.25) is 0 Å². The van der Waals surface area contributed by atoms with E-state index in [1.807, 2.05) is 0 Å². The number of rotatable bonds is 0. The van der Waals surface area contributed by atoms with Crippen molar-refractivity contribution in [3.8, 4) is 0 Å². The molecule has 0 amide bonds. The first-order valence-electron chi connectivity index (χ1n) is 0. The summed E-state index contributed by atoms with van der Waals surface area (Å²) in [4.78, 5) is 0. The molecule has 0 bridgehead atoms. The molecule has 0 aromatic carbocycles. The van der Waals surface area contributed by atoms with Gasteiger partial charge in [0.25, 0.3) is 0 Å². The third kappa shape index (κ3) is 2310. The fourth-order valence-corrected chi connectivity index (χ4v) is 0. The van der Waals surface area contributed by atoms with Gasteiger partial charge in [-0.05, 0) is 0 Å². The van der Waals surface area contributed by atoms with E-state index in [2.05, 4.69) is 0 Å². The first-order valence-corrected chi connectivity index (χ1v) is 0. The van der Waals surface area contributed by atoms with Crippen molar-refractivity contribution in [2.75, 3.05) is 0 Å². The Bertz CT molecular complexity index is 18.1. The van der Waals surface area contributed by atoms with Gasteiger partial charge in [0.15, 0.2) is 0 Å². The molecule has 0 radical (unpaired) electrons. The summed E-state index contributed by atoms with van der Waals surface area (Å²) in [7, 11) is 0. The molecule has 0 spiro atoms. The number of hydrogen-bond acceptors (Lipinski definition) is 0. The SMILES string of the molecule is Cl.O.O.O.O.O.O.O.O.O.O.[H-].[H-].[Mg+2]. The topological polar surface area (TPSA) is 315 Å². The molecule has 0 aromatic rings. The summed E-state index contributed by atoms with van der Waals surface area (Å²) in [6, 6.07) is 0. The van der Waals surface area contributed by atoms with E-state index in [1.165, 1.54) is 0 Å². The quantitative estimate of drug-likeness (QED) is 0.357. The summed E-state index contributed by atoms with van der Waals surface area (Å²) >= 11 is 0. The average molecular weight is 243 g/mol. The minimum absolute atomic E-state index is 0. The van der Waals surface area contributed by atoms with E-state index in [9.17, 15) is 0 Å². The van der Waals surface area contributed by atoms with Crippen molar-refractivity contribution in [2.45, 2.75) is 0 Å². The van der Waals surface area contributed by atoms with Gasteiger partial charge in [-0.25, -0.2) is 0 Å². The summed E-state index contributed by atoms with van der Waals surface area (Å²) in [5, 5.41) is 0. The van der Waals surface area contributed by atoms with E-state index in [0.29, 0.717) is 0 Å². The summed E-state index contributed by atoms with van der Waals surface area (Å²) in [5.74, 6) is 0. The summed E-state index contributed by atoms with van der Waals surface area (Å²) in [5.41, 5.74) is 0. The Hall–Kier alpha value is 0.656. The predicted octanol–water partition coefficient (Wildman–Crippen LogP) is -7.98. The molecule has 0 unspecified atom stereocenters. The van der Waals surface area contributed by atoms with E-state index >= 15 is 0 Å². The normalized spacial score (nSPS) is 0. The zero-order chi connectivity index (χ0) is 0. The van der Waals surface area contributed by atoms with Crippen LogP contribution in [0.4, 0.5) is 0 Å².